The number of aryl methyl sites for hydroxylation is 1. The van der Waals surface area contributed by atoms with E-state index in [0.29, 0.717) is 5.41 Å². The van der Waals surface area contributed by atoms with E-state index in [9.17, 15) is 0 Å². The zero-order valence-electron chi connectivity index (χ0n) is 11.8. The molecule has 1 aromatic carbocycles. The molecule has 1 aromatic rings. The summed E-state index contributed by atoms with van der Waals surface area (Å²) >= 11 is 0. The molecule has 4 aliphatic rings. The summed E-state index contributed by atoms with van der Waals surface area (Å²) in [6, 6.07) is 4.49. The highest BCUT2D eigenvalue weighted by molar-refractivity contribution is 5.69. The van der Waals surface area contributed by atoms with Crippen LogP contribution >= 0.6 is 0 Å². The van der Waals surface area contributed by atoms with Crippen molar-refractivity contribution < 1.29 is 0 Å². The first-order chi connectivity index (χ1) is 9.06. The third-order valence-electron chi connectivity index (χ3n) is 6.07. The first-order valence-corrected chi connectivity index (χ1v) is 7.72. The van der Waals surface area contributed by atoms with Gasteiger partial charge in [0.25, 0.3) is 0 Å². The zero-order chi connectivity index (χ0) is 13.2. The van der Waals surface area contributed by atoms with E-state index < -0.39 is 0 Å². The van der Waals surface area contributed by atoms with Crippen LogP contribution in [0.1, 0.15) is 49.7 Å². The van der Waals surface area contributed by atoms with Crippen LogP contribution < -0.4 is 11.5 Å². The van der Waals surface area contributed by atoms with Gasteiger partial charge in [-0.1, -0.05) is 6.07 Å². The minimum Gasteiger partial charge on any atom is -0.397 e. The second-order valence-electron chi connectivity index (χ2n) is 7.49. The highest BCUT2D eigenvalue weighted by Crippen LogP contribution is 2.61. The molecule has 5 rings (SSSR count). The van der Waals surface area contributed by atoms with Gasteiger partial charge in [0.1, 0.15) is 0 Å². The molecule has 0 amide bonds. The van der Waals surface area contributed by atoms with Crippen LogP contribution in [0.3, 0.4) is 0 Å². The van der Waals surface area contributed by atoms with Crippen LogP contribution in [0.25, 0.3) is 0 Å². The number of nitrogens with two attached hydrogens (primary N) is 2. The summed E-state index contributed by atoms with van der Waals surface area (Å²) in [4.78, 5) is 0. The van der Waals surface area contributed by atoms with Crippen molar-refractivity contribution in [3.05, 3.63) is 23.3 Å². The normalized spacial score (nSPS) is 39.7. The molecule has 19 heavy (non-hydrogen) atoms. The molecule has 0 atom stereocenters. The molecule has 2 nitrogen and oxygen atoms in total. The van der Waals surface area contributed by atoms with E-state index >= 15 is 0 Å². The Bertz CT molecular complexity index is 474. The lowest BCUT2D eigenvalue weighted by Gasteiger charge is -2.57. The van der Waals surface area contributed by atoms with E-state index in [1.807, 2.05) is 0 Å². The molecular formula is C17H24N2. The molecule has 0 spiro atoms. The van der Waals surface area contributed by atoms with E-state index in [4.69, 9.17) is 11.5 Å². The van der Waals surface area contributed by atoms with Crippen LogP contribution in [0.4, 0.5) is 11.4 Å². The molecule has 4 aliphatic carbocycles. The van der Waals surface area contributed by atoms with Gasteiger partial charge in [0.05, 0.1) is 11.4 Å². The van der Waals surface area contributed by atoms with E-state index in [2.05, 4.69) is 19.1 Å². The largest absolute Gasteiger partial charge is 0.397 e. The number of anilines is 2. The van der Waals surface area contributed by atoms with Gasteiger partial charge in [-0.25, -0.2) is 0 Å². The van der Waals surface area contributed by atoms with Crippen molar-refractivity contribution in [3.8, 4) is 0 Å². The summed E-state index contributed by atoms with van der Waals surface area (Å²) in [5.41, 5.74) is 16.8. The predicted octanol–water partition coefficient (Wildman–Crippen LogP) is 3.63. The molecule has 0 unspecified atom stereocenters. The first-order valence-electron chi connectivity index (χ1n) is 7.72. The van der Waals surface area contributed by atoms with Gasteiger partial charge in [0, 0.05) is 0 Å². The van der Waals surface area contributed by atoms with E-state index in [1.165, 1.54) is 44.1 Å². The molecule has 102 valence electrons. The first kappa shape index (κ1) is 11.6. The second kappa shape index (κ2) is 3.68. The summed E-state index contributed by atoms with van der Waals surface area (Å²) in [6.07, 6.45) is 8.64. The molecular weight excluding hydrogens is 232 g/mol. The molecule has 4 N–H and O–H groups in total. The Hall–Kier alpha value is -1.18. The molecule has 4 fully saturated rings. The standard InChI is InChI=1S/C17H24N2/c1-10-2-14(6-15(18)16(10)19)17-7-11-3-12(8-17)5-13(4-11)9-17/h2,6,11-13H,3-5,7-9,18-19H2,1H3. The summed E-state index contributed by atoms with van der Waals surface area (Å²) in [5.74, 6) is 2.93. The Morgan fingerprint density at radius 3 is 1.95 bits per heavy atom. The van der Waals surface area contributed by atoms with Crippen molar-refractivity contribution in [1.82, 2.24) is 0 Å². The number of nitrogen functional groups attached to an aromatic ring is 2. The van der Waals surface area contributed by atoms with Gasteiger partial charge in [-0.15, -0.1) is 0 Å². The Morgan fingerprint density at radius 2 is 1.47 bits per heavy atom. The highest BCUT2D eigenvalue weighted by atomic mass is 14.7. The quantitative estimate of drug-likeness (QED) is 0.754. The number of hydrogen-bond acceptors (Lipinski definition) is 2. The topological polar surface area (TPSA) is 52.0 Å². The Kier molecular flexibility index (Phi) is 2.25. The van der Waals surface area contributed by atoms with Crippen LogP contribution in [0.5, 0.6) is 0 Å². The fraction of sp³-hybridized carbons (Fsp3) is 0.647. The maximum Gasteiger partial charge on any atom is 0.0577 e. The maximum atomic E-state index is 6.12. The molecule has 0 aliphatic heterocycles. The lowest BCUT2D eigenvalue weighted by Crippen LogP contribution is -2.48. The highest BCUT2D eigenvalue weighted by Gasteiger charge is 2.51. The summed E-state index contributed by atoms with van der Waals surface area (Å²) in [6.45, 7) is 2.09. The van der Waals surface area contributed by atoms with Crippen LogP contribution in [-0.4, -0.2) is 0 Å². The van der Waals surface area contributed by atoms with Gasteiger partial charge in [-0.2, -0.15) is 0 Å². The van der Waals surface area contributed by atoms with E-state index in [1.54, 1.807) is 0 Å². The summed E-state index contributed by atoms with van der Waals surface area (Å²) in [5, 5.41) is 0. The molecule has 2 heteroatoms. The Labute approximate surface area is 115 Å². The third kappa shape index (κ3) is 1.62. The second-order valence-corrected chi connectivity index (χ2v) is 7.49. The van der Waals surface area contributed by atoms with Crippen LogP contribution in [0.2, 0.25) is 0 Å². The Morgan fingerprint density at radius 1 is 0.947 bits per heavy atom. The minimum absolute atomic E-state index is 0.432. The number of rotatable bonds is 1. The average molecular weight is 256 g/mol. The molecule has 4 bridgehead atoms. The van der Waals surface area contributed by atoms with E-state index in [-0.39, 0.29) is 0 Å². The van der Waals surface area contributed by atoms with Crippen LogP contribution in [-0.2, 0) is 5.41 Å². The minimum atomic E-state index is 0.432. The van der Waals surface area contributed by atoms with Gasteiger partial charge >= 0.3 is 0 Å². The van der Waals surface area contributed by atoms with E-state index in [0.717, 1.165) is 34.7 Å². The van der Waals surface area contributed by atoms with Crippen molar-refractivity contribution in [2.24, 2.45) is 17.8 Å². The van der Waals surface area contributed by atoms with Crippen molar-refractivity contribution in [2.75, 3.05) is 11.5 Å². The monoisotopic (exact) mass is 256 g/mol. The molecule has 0 heterocycles. The summed E-state index contributed by atoms with van der Waals surface area (Å²) in [7, 11) is 0. The lowest BCUT2D eigenvalue weighted by atomic mass is 9.48. The lowest BCUT2D eigenvalue weighted by molar-refractivity contribution is -0.00517. The van der Waals surface area contributed by atoms with Crippen molar-refractivity contribution in [1.29, 1.82) is 0 Å². The van der Waals surface area contributed by atoms with Gasteiger partial charge in [-0.3, -0.25) is 0 Å². The van der Waals surface area contributed by atoms with Gasteiger partial charge < -0.3 is 11.5 Å². The Balaban J connectivity index is 1.79. The number of benzene rings is 1. The van der Waals surface area contributed by atoms with Gasteiger partial charge in [0.15, 0.2) is 0 Å². The summed E-state index contributed by atoms with van der Waals surface area (Å²) < 4.78 is 0. The average Bonchev–Trinajstić information content (AvgIpc) is 2.33. The maximum absolute atomic E-state index is 6.12. The van der Waals surface area contributed by atoms with Gasteiger partial charge in [0.2, 0.25) is 0 Å². The molecule has 4 saturated carbocycles. The van der Waals surface area contributed by atoms with Crippen LogP contribution in [0.15, 0.2) is 12.1 Å². The van der Waals surface area contributed by atoms with Gasteiger partial charge in [-0.05, 0) is 85.8 Å². The van der Waals surface area contributed by atoms with Crippen molar-refractivity contribution in [3.63, 3.8) is 0 Å². The van der Waals surface area contributed by atoms with Crippen molar-refractivity contribution in [2.45, 2.75) is 50.9 Å². The molecule has 0 aromatic heterocycles. The smallest absolute Gasteiger partial charge is 0.0577 e. The molecule has 0 radical (unpaired) electrons. The fourth-order valence-electron chi connectivity index (χ4n) is 5.60. The SMILES string of the molecule is Cc1cc(C23CC4CC(CC(C4)C2)C3)cc(N)c1N. The van der Waals surface area contributed by atoms with Crippen LogP contribution in [0, 0.1) is 24.7 Å². The molecule has 0 saturated heterocycles. The predicted molar refractivity (Wildman–Crippen MR) is 79.9 cm³/mol. The third-order valence-corrected chi connectivity index (χ3v) is 6.07. The zero-order valence-corrected chi connectivity index (χ0v) is 11.8. The fourth-order valence-corrected chi connectivity index (χ4v) is 5.60. The van der Waals surface area contributed by atoms with Crippen molar-refractivity contribution >= 4 is 11.4 Å². The number of hydrogen-bond donors (Lipinski definition) is 2.